The van der Waals surface area contributed by atoms with Crippen LogP contribution in [0.25, 0.3) is 11.2 Å². The smallest absolute Gasteiger partial charge is 0.115 e. The summed E-state index contributed by atoms with van der Waals surface area (Å²) in [5, 5.41) is 0. The minimum Gasteiger partial charge on any atom is -0.115 e. The Morgan fingerprint density at radius 3 is 2.58 bits per heavy atom. The van der Waals surface area contributed by atoms with Crippen molar-refractivity contribution in [3.8, 4) is 5.88 Å². The number of ether oxygens (including phenoxy) is 2. The van der Waals surface area contributed by atoms with Gasteiger partial charge in [-0.25, -0.2) is 0 Å². The van der Waals surface area contributed by atoms with Crippen molar-refractivity contribution in [2.24, 2.45) is 5.92 Å². The molecule has 2 aromatic heterocycles. The molecule has 0 amide bonds. The molecule has 7 nitrogen and oxygen atoms in total. The maximum absolute atomic E-state index is 6.16. The Morgan fingerprint density at radius 1 is 1.35 bits per heavy atom. The molecule has 26 heavy (non-hydrogen) atoms. The van der Waals surface area contributed by atoms with E-state index in [0.29, 0.717) is 62.0 Å². The molecule has 3 rings (SSSR count). The monoisotopic (exact) mass is 591 g/mol. The van der Waals surface area contributed by atoms with Crippen molar-refractivity contribution in [3.63, 3.8) is 0 Å². The number of hydrogen-bond donors (Lipinski definition) is 3. The quantitative estimate of drug-likeness (QED) is 0.279. The Balaban J connectivity index is 0.000000791. The zero-order valence-corrected chi connectivity index (χ0v) is 22.3. The van der Waals surface area contributed by atoms with Crippen LogP contribution in [0.2, 0.25) is 0 Å². The third kappa shape index (κ3) is 5.38. The van der Waals surface area contributed by atoms with E-state index >= 15 is 0 Å². The zero-order valence-electron chi connectivity index (χ0n) is 16.0. The van der Waals surface area contributed by atoms with Crippen molar-refractivity contribution in [2.75, 3.05) is 9.73 Å². The summed E-state index contributed by atoms with van der Waals surface area (Å²) in [6.07, 6.45) is 4.17. The second-order valence-corrected chi connectivity index (χ2v) is 6.65. The van der Waals surface area contributed by atoms with Gasteiger partial charge in [0.15, 0.2) is 0 Å². The molecule has 1 saturated heterocycles. The topological polar surface area (TPSA) is 74.1 Å². The molecule has 3 unspecified atom stereocenters. The van der Waals surface area contributed by atoms with Crippen LogP contribution in [0.15, 0.2) is 6.33 Å². The standard InChI is InChI=1S/C14H20N5O2.C2H6.H2S2.Tl/c1-4-9-6-8(3)13(21-9)19-7-16-10-11(19)17-14(15)18-12(10)20-5-2;2*1-2;/h7-9,13H,4-6H2,1-3H3,(H-,15,17,18);1-2H3;1-2H;/q-1;;;+1. The number of aromatic nitrogens is 4. The molecule has 0 aromatic carbocycles. The molecule has 1 fully saturated rings. The van der Waals surface area contributed by atoms with Crippen molar-refractivity contribution in [3.05, 3.63) is 6.33 Å². The van der Waals surface area contributed by atoms with Gasteiger partial charge in [0.25, 0.3) is 0 Å². The van der Waals surface area contributed by atoms with Crippen LogP contribution in [-0.4, -0.2) is 58.3 Å². The fraction of sp³-hybridized carbons (Fsp3) is 0.688. The predicted octanol–water partition coefficient (Wildman–Crippen LogP) is 3.84. The minimum absolute atomic E-state index is 0.0243. The zero-order chi connectivity index (χ0) is 19.7. The van der Waals surface area contributed by atoms with Crippen LogP contribution < -0.4 is 7.86 Å². The van der Waals surface area contributed by atoms with Gasteiger partial charge >= 0.3 is 146 Å². The minimum atomic E-state index is -0.0243. The van der Waals surface area contributed by atoms with Crippen LogP contribution in [0.5, 0.6) is 5.88 Å². The number of hydrogen-bond acceptors (Lipinski definition) is 8. The predicted molar refractivity (Wildman–Crippen MR) is 113 cm³/mol. The van der Waals surface area contributed by atoms with Crippen molar-refractivity contribution in [2.45, 2.75) is 59.8 Å². The maximum Gasteiger partial charge on any atom is -0.115 e. The average Bonchev–Trinajstić information content (AvgIpc) is 3.28. The third-order valence-electron chi connectivity index (χ3n) is 3.98. The van der Waals surface area contributed by atoms with Gasteiger partial charge in [-0.2, -0.15) is 0 Å². The van der Waals surface area contributed by atoms with Gasteiger partial charge in [0, 0.05) is 0 Å². The molecular weight excluding hydrogens is 563 g/mol. The van der Waals surface area contributed by atoms with Gasteiger partial charge in [-0.05, 0) is 0 Å². The SMILES string of the molecule is CC.CCOc1nc([NH][Tl])nc2c1ncn2C1OC(CC)CC1C.SS. The molecule has 0 aliphatic carbocycles. The van der Waals surface area contributed by atoms with E-state index in [1.807, 2.05) is 25.3 Å². The van der Waals surface area contributed by atoms with Crippen LogP contribution >= 0.6 is 23.3 Å². The van der Waals surface area contributed by atoms with Gasteiger partial charge in [-0.15, -0.1) is 23.3 Å². The van der Waals surface area contributed by atoms with E-state index < -0.39 is 0 Å². The summed E-state index contributed by atoms with van der Waals surface area (Å²) in [6, 6.07) is 0. The van der Waals surface area contributed by atoms with E-state index in [-0.39, 0.29) is 6.23 Å². The number of nitrogens with zero attached hydrogens (tertiary/aromatic N) is 4. The summed E-state index contributed by atoms with van der Waals surface area (Å²) in [4.78, 5) is 13.4. The van der Waals surface area contributed by atoms with Crippen LogP contribution in [0, 0.1) is 5.92 Å². The van der Waals surface area contributed by atoms with E-state index in [0.717, 1.165) is 18.5 Å². The third-order valence-corrected chi connectivity index (χ3v) is 4.99. The molecule has 10 heteroatoms. The van der Waals surface area contributed by atoms with Gasteiger partial charge in [-0.3, -0.25) is 0 Å². The first-order chi connectivity index (χ1) is 12.7. The van der Waals surface area contributed by atoms with E-state index in [2.05, 4.69) is 55.2 Å². The van der Waals surface area contributed by atoms with E-state index in [4.69, 9.17) is 9.47 Å². The molecule has 1 N–H and O–H groups in total. The number of anilines is 1. The summed E-state index contributed by atoms with van der Waals surface area (Å²) >= 11 is 7.01. The van der Waals surface area contributed by atoms with Crippen LogP contribution in [0.1, 0.15) is 53.7 Å². The van der Waals surface area contributed by atoms with Crippen molar-refractivity contribution in [1.29, 1.82) is 0 Å². The summed E-state index contributed by atoms with van der Waals surface area (Å²) in [6.45, 7) is 10.9. The first-order valence-electron chi connectivity index (χ1n) is 8.87. The number of rotatable bonds is 5. The Bertz CT molecular complexity index is 673. The molecule has 0 spiro atoms. The summed E-state index contributed by atoms with van der Waals surface area (Å²) < 4.78 is 16.9. The van der Waals surface area contributed by atoms with E-state index in [1.165, 1.54) is 0 Å². The molecule has 144 valence electrons. The van der Waals surface area contributed by atoms with Gasteiger partial charge < -0.3 is 0 Å². The average molecular weight is 591 g/mol. The molecule has 3 heterocycles. The molecule has 0 bridgehead atoms. The Morgan fingerprint density at radius 2 is 2.04 bits per heavy atom. The van der Waals surface area contributed by atoms with Crippen molar-refractivity contribution >= 4 is 66.5 Å². The van der Waals surface area contributed by atoms with E-state index in [9.17, 15) is 0 Å². The van der Waals surface area contributed by atoms with Crippen LogP contribution in [-0.2, 0) is 4.74 Å². The molecular formula is C16H28N5O2S2Tl. The number of fused-ring (bicyclic) bond motifs is 1. The Labute approximate surface area is 182 Å². The fourth-order valence-corrected chi connectivity index (χ4v) is 3.40. The van der Waals surface area contributed by atoms with Crippen LogP contribution in [0.3, 0.4) is 0 Å². The Kier molecular flexibility index (Phi) is 11.2. The van der Waals surface area contributed by atoms with Crippen LogP contribution in [0.4, 0.5) is 5.95 Å². The molecule has 2 aromatic rings. The molecule has 0 saturated carbocycles. The van der Waals surface area contributed by atoms with Gasteiger partial charge in [0.1, 0.15) is 0 Å². The second-order valence-electron chi connectivity index (χ2n) is 5.52. The van der Waals surface area contributed by atoms with Crippen molar-refractivity contribution in [1.82, 2.24) is 19.5 Å². The second kappa shape index (κ2) is 12.2. The summed E-state index contributed by atoms with van der Waals surface area (Å²) in [5.41, 5.74) is 1.47. The summed E-state index contributed by atoms with van der Waals surface area (Å²) in [7, 11) is 0. The summed E-state index contributed by atoms with van der Waals surface area (Å²) in [5.74, 6) is 1.56. The number of nitrogens with one attached hydrogen (secondary N) is 1. The normalized spacial score (nSPS) is 21.4. The number of thiol groups is 2. The van der Waals surface area contributed by atoms with Gasteiger partial charge in [-0.1, -0.05) is 13.8 Å². The molecule has 0 radical (unpaired) electrons. The van der Waals surface area contributed by atoms with Gasteiger partial charge in [0.05, 0.1) is 0 Å². The largest absolute Gasteiger partial charge is 0.115 e. The van der Waals surface area contributed by atoms with Gasteiger partial charge in [0.2, 0.25) is 0 Å². The van der Waals surface area contributed by atoms with Crippen molar-refractivity contribution < 1.29 is 9.47 Å². The molecule has 3 atom stereocenters. The first kappa shape index (κ1) is 23.8. The fourth-order valence-electron chi connectivity index (χ4n) is 2.90. The molecule has 1 aliphatic heterocycles. The Hall–Kier alpha value is -0.268. The first-order valence-corrected chi connectivity index (χ1v) is 12.7. The molecule has 1 aliphatic rings. The number of imidazole rings is 1. The van der Waals surface area contributed by atoms with E-state index in [1.54, 1.807) is 6.33 Å². The maximum atomic E-state index is 6.16.